The van der Waals surface area contributed by atoms with Crippen LogP contribution in [0.3, 0.4) is 0 Å². The highest BCUT2D eigenvalue weighted by Crippen LogP contribution is 2.16. The first-order valence-electron chi connectivity index (χ1n) is 4.30. The molecule has 2 N–H and O–H groups in total. The molecule has 0 rings (SSSR count). The smallest absolute Gasteiger partial charge is 0.0495 e. The molecule has 0 saturated heterocycles. The summed E-state index contributed by atoms with van der Waals surface area (Å²) in [5.41, 5.74) is 0.389. The molecule has 0 spiro atoms. The zero-order valence-corrected chi connectivity index (χ0v) is 7.93. The van der Waals surface area contributed by atoms with Crippen LogP contribution in [0.25, 0.3) is 0 Å². The van der Waals surface area contributed by atoms with E-state index in [0.29, 0.717) is 24.0 Å². The lowest BCUT2D eigenvalue weighted by atomic mass is 9.92. The van der Waals surface area contributed by atoms with Gasteiger partial charge in [0.05, 0.1) is 0 Å². The minimum Gasteiger partial charge on any atom is -0.307 e. The van der Waals surface area contributed by atoms with E-state index in [9.17, 15) is 0 Å². The molecular formula is C10H18N2. The number of hydrogen-bond donors (Lipinski definition) is 2. The molecule has 0 heterocycles. The van der Waals surface area contributed by atoms with Gasteiger partial charge < -0.3 is 10.8 Å². The van der Waals surface area contributed by atoms with Crippen LogP contribution in [0, 0.1) is 22.7 Å². The summed E-state index contributed by atoms with van der Waals surface area (Å²) in [6.07, 6.45) is 4.71. The second-order valence-electron chi connectivity index (χ2n) is 3.50. The molecule has 0 radical (unpaired) electrons. The average molecular weight is 166 g/mol. The van der Waals surface area contributed by atoms with Crippen molar-refractivity contribution in [3.8, 4) is 0 Å². The lowest BCUT2D eigenvalue weighted by molar-refractivity contribution is 0.487. The number of nitrogens with one attached hydrogen (secondary N) is 2. The van der Waals surface area contributed by atoms with E-state index in [1.807, 2.05) is 6.08 Å². The average Bonchev–Trinajstić information content (AvgIpc) is 2.02. The normalized spacial score (nSPS) is 12.6. The Hall–Kier alpha value is -0.920. The van der Waals surface area contributed by atoms with Crippen LogP contribution in [0.4, 0.5) is 0 Å². The molecule has 0 aromatic carbocycles. The maximum absolute atomic E-state index is 7.32. The maximum atomic E-state index is 7.32. The van der Waals surface area contributed by atoms with Crippen LogP contribution >= 0.6 is 0 Å². The third-order valence-electron chi connectivity index (χ3n) is 1.76. The van der Waals surface area contributed by atoms with E-state index >= 15 is 0 Å². The van der Waals surface area contributed by atoms with Crippen LogP contribution in [-0.4, -0.2) is 11.9 Å². The second-order valence-corrected chi connectivity index (χ2v) is 3.50. The fourth-order valence-electron chi connectivity index (χ4n) is 1.21. The van der Waals surface area contributed by atoms with Crippen molar-refractivity contribution in [1.82, 2.24) is 0 Å². The molecule has 0 aromatic rings. The van der Waals surface area contributed by atoms with Gasteiger partial charge in [0.1, 0.15) is 0 Å². The van der Waals surface area contributed by atoms with E-state index in [2.05, 4.69) is 20.4 Å². The van der Waals surface area contributed by atoms with Gasteiger partial charge in [0.2, 0.25) is 0 Å². The zero-order chi connectivity index (χ0) is 9.56. The summed E-state index contributed by atoms with van der Waals surface area (Å²) in [5.74, 6) is 0.991. The third-order valence-corrected chi connectivity index (χ3v) is 1.76. The van der Waals surface area contributed by atoms with Crippen molar-refractivity contribution in [2.75, 3.05) is 0 Å². The Morgan fingerprint density at radius 1 is 1.50 bits per heavy atom. The third kappa shape index (κ3) is 4.83. The second kappa shape index (κ2) is 5.70. The predicted octanol–water partition coefficient (Wildman–Crippen LogP) is 2.89. The quantitative estimate of drug-likeness (QED) is 0.450. The molecule has 0 saturated carbocycles. The molecule has 0 aliphatic heterocycles. The lowest BCUT2D eigenvalue weighted by Gasteiger charge is -2.13. The molecule has 12 heavy (non-hydrogen) atoms. The summed E-state index contributed by atoms with van der Waals surface area (Å²) < 4.78 is 0. The van der Waals surface area contributed by atoms with E-state index in [-0.39, 0.29) is 0 Å². The van der Waals surface area contributed by atoms with Gasteiger partial charge in [-0.05, 0) is 24.7 Å². The first kappa shape index (κ1) is 11.1. The topological polar surface area (TPSA) is 47.7 Å². The minimum absolute atomic E-state index is 0.360. The van der Waals surface area contributed by atoms with Gasteiger partial charge >= 0.3 is 0 Å². The Kier molecular flexibility index (Phi) is 5.26. The van der Waals surface area contributed by atoms with E-state index in [1.54, 1.807) is 0 Å². The molecule has 0 bridgehead atoms. The van der Waals surface area contributed by atoms with Crippen molar-refractivity contribution < 1.29 is 0 Å². The van der Waals surface area contributed by atoms with Gasteiger partial charge in [0, 0.05) is 11.9 Å². The van der Waals surface area contributed by atoms with Crippen LogP contribution < -0.4 is 0 Å². The molecule has 0 amide bonds. The Morgan fingerprint density at radius 2 is 2.08 bits per heavy atom. The number of allylic oxidation sites excluding steroid dienone is 1. The van der Waals surface area contributed by atoms with Gasteiger partial charge in [-0.3, -0.25) is 0 Å². The molecule has 0 unspecified atom stereocenters. The van der Waals surface area contributed by atoms with Crippen LogP contribution in [0.2, 0.25) is 0 Å². The van der Waals surface area contributed by atoms with Crippen LogP contribution in [0.5, 0.6) is 0 Å². The van der Waals surface area contributed by atoms with E-state index in [0.717, 1.165) is 12.6 Å². The number of rotatable bonds is 6. The molecule has 2 nitrogen and oxygen atoms in total. The summed E-state index contributed by atoms with van der Waals surface area (Å²) in [6.45, 7) is 8.04. The molecule has 1 atom stereocenters. The molecule has 0 aliphatic carbocycles. The Labute approximate surface area is 74.7 Å². The van der Waals surface area contributed by atoms with Crippen LogP contribution in [0.1, 0.15) is 26.7 Å². The zero-order valence-electron chi connectivity index (χ0n) is 7.93. The highest BCUT2D eigenvalue weighted by Gasteiger charge is 2.08. The van der Waals surface area contributed by atoms with E-state index in [4.69, 9.17) is 10.8 Å². The van der Waals surface area contributed by atoms with Gasteiger partial charge in [0.15, 0.2) is 0 Å². The molecule has 0 aliphatic rings. The monoisotopic (exact) mass is 166 g/mol. The highest BCUT2D eigenvalue weighted by molar-refractivity contribution is 6.27. The first-order chi connectivity index (χ1) is 5.60. The lowest BCUT2D eigenvalue weighted by Crippen LogP contribution is -2.08. The summed E-state index contributed by atoms with van der Waals surface area (Å²) in [4.78, 5) is 0. The van der Waals surface area contributed by atoms with E-state index < -0.39 is 0 Å². The van der Waals surface area contributed by atoms with Crippen molar-refractivity contribution >= 4 is 11.9 Å². The predicted molar refractivity (Wildman–Crippen MR) is 54.3 cm³/mol. The molecule has 2 heteroatoms. The molecule has 0 fully saturated rings. The van der Waals surface area contributed by atoms with Crippen LogP contribution in [0.15, 0.2) is 12.7 Å². The Morgan fingerprint density at radius 3 is 2.42 bits per heavy atom. The van der Waals surface area contributed by atoms with Gasteiger partial charge in [0.25, 0.3) is 0 Å². The van der Waals surface area contributed by atoms with Gasteiger partial charge in [-0.15, -0.1) is 6.58 Å². The van der Waals surface area contributed by atoms with Crippen molar-refractivity contribution in [2.45, 2.75) is 26.7 Å². The first-order valence-corrected chi connectivity index (χ1v) is 4.30. The summed E-state index contributed by atoms with van der Waals surface area (Å²) in [5, 5.41) is 14.2. The van der Waals surface area contributed by atoms with E-state index in [1.165, 1.54) is 0 Å². The largest absolute Gasteiger partial charge is 0.307 e. The van der Waals surface area contributed by atoms with Gasteiger partial charge in [-0.25, -0.2) is 0 Å². The molecule has 68 valence electrons. The fourth-order valence-corrected chi connectivity index (χ4v) is 1.21. The van der Waals surface area contributed by atoms with Crippen molar-refractivity contribution in [3.05, 3.63) is 12.7 Å². The SMILES string of the molecule is C=C[C@H](CC(=N)C=N)CC(C)C. The Balaban J connectivity index is 3.90. The van der Waals surface area contributed by atoms with Crippen LogP contribution in [-0.2, 0) is 0 Å². The van der Waals surface area contributed by atoms with Crippen molar-refractivity contribution in [3.63, 3.8) is 0 Å². The number of hydrogen-bond acceptors (Lipinski definition) is 2. The standard InChI is InChI=1S/C10H18N2/c1-4-9(5-8(2)3)6-10(12)7-11/h4,7-9,11-12H,1,5-6H2,2-3H3/t9-/m0/s1. The summed E-state index contributed by atoms with van der Waals surface area (Å²) in [6, 6.07) is 0. The Bertz CT molecular complexity index is 171. The minimum atomic E-state index is 0.360. The highest BCUT2D eigenvalue weighted by atomic mass is 14.5. The van der Waals surface area contributed by atoms with Gasteiger partial charge in [-0.2, -0.15) is 0 Å². The maximum Gasteiger partial charge on any atom is 0.0495 e. The fraction of sp³-hybridized carbons (Fsp3) is 0.600. The molecular weight excluding hydrogens is 148 g/mol. The van der Waals surface area contributed by atoms with Crippen molar-refractivity contribution in [1.29, 1.82) is 10.8 Å². The van der Waals surface area contributed by atoms with Crippen molar-refractivity contribution in [2.24, 2.45) is 11.8 Å². The summed E-state index contributed by atoms with van der Waals surface area (Å²) in [7, 11) is 0. The summed E-state index contributed by atoms with van der Waals surface area (Å²) >= 11 is 0. The van der Waals surface area contributed by atoms with Gasteiger partial charge in [-0.1, -0.05) is 19.9 Å². The molecule has 0 aromatic heterocycles.